The second-order valence-electron chi connectivity index (χ2n) is 3.79. The first kappa shape index (κ1) is 12.4. The van der Waals surface area contributed by atoms with E-state index in [4.69, 9.17) is 17.3 Å². The van der Waals surface area contributed by atoms with Crippen molar-refractivity contribution < 1.29 is 9.42 Å². The molecule has 18 heavy (non-hydrogen) atoms. The van der Waals surface area contributed by atoms with Crippen LogP contribution in [0.1, 0.15) is 16.1 Å². The molecule has 2 aromatic rings. The molecule has 0 aliphatic rings. The molecule has 0 aliphatic heterocycles. The summed E-state index contributed by atoms with van der Waals surface area (Å²) >= 11 is 5.79. The lowest BCUT2D eigenvalue weighted by molar-refractivity contribution is 0.0774. The van der Waals surface area contributed by atoms with Crippen molar-refractivity contribution in [3.63, 3.8) is 0 Å². The standard InChI is InChI=1S/C11H11ClN4O2/c1-16(6-7-2-4-8(12)5-3-7)11(17)9-10(13)15-18-14-9/h2-5H,6H2,1H3,(H2,13,15). The largest absolute Gasteiger partial charge is 0.379 e. The zero-order chi connectivity index (χ0) is 13.1. The number of nitrogens with two attached hydrogens (primary N) is 1. The Labute approximate surface area is 108 Å². The molecule has 1 aromatic carbocycles. The molecule has 0 atom stereocenters. The number of carbonyl (C=O) groups excluding carboxylic acids is 1. The van der Waals surface area contributed by atoms with Gasteiger partial charge >= 0.3 is 0 Å². The smallest absolute Gasteiger partial charge is 0.280 e. The van der Waals surface area contributed by atoms with Gasteiger partial charge in [-0.3, -0.25) is 4.79 Å². The molecular formula is C11H11ClN4O2. The van der Waals surface area contributed by atoms with Crippen LogP contribution in [0.2, 0.25) is 5.02 Å². The first-order chi connectivity index (χ1) is 8.58. The zero-order valence-corrected chi connectivity index (χ0v) is 10.4. The summed E-state index contributed by atoms with van der Waals surface area (Å²) in [7, 11) is 1.64. The number of rotatable bonds is 3. The number of halogens is 1. The topological polar surface area (TPSA) is 85.2 Å². The molecule has 2 rings (SSSR count). The van der Waals surface area contributed by atoms with Crippen molar-refractivity contribution in [2.45, 2.75) is 6.54 Å². The van der Waals surface area contributed by atoms with Gasteiger partial charge in [0.1, 0.15) is 0 Å². The molecule has 0 unspecified atom stereocenters. The number of aromatic nitrogens is 2. The average molecular weight is 267 g/mol. The van der Waals surface area contributed by atoms with E-state index in [2.05, 4.69) is 14.9 Å². The fourth-order valence-electron chi connectivity index (χ4n) is 1.46. The fraction of sp³-hybridized carbons (Fsp3) is 0.182. The van der Waals surface area contributed by atoms with E-state index in [-0.39, 0.29) is 17.4 Å². The van der Waals surface area contributed by atoms with Gasteiger partial charge in [0.2, 0.25) is 11.5 Å². The molecule has 0 aliphatic carbocycles. The van der Waals surface area contributed by atoms with E-state index in [1.807, 2.05) is 12.1 Å². The van der Waals surface area contributed by atoms with Gasteiger partial charge in [-0.1, -0.05) is 23.7 Å². The quantitative estimate of drug-likeness (QED) is 0.911. The monoisotopic (exact) mass is 266 g/mol. The third-order valence-corrected chi connectivity index (χ3v) is 2.65. The molecule has 1 heterocycles. The van der Waals surface area contributed by atoms with Crippen LogP contribution in [-0.2, 0) is 6.54 Å². The number of amides is 1. The third kappa shape index (κ3) is 2.60. The number of carbonyl (C=O) groups is 1. The van der Waals surface area contributed by atoms with Gasteiger partial charge in [-0.2, -0.15) is 0 Å². The van der Waals surface area contributed by atoms with E-state index in [0.717, 1.165) is 5.56 Å². The van der Waals surface area contributed by atoms with Crippen molar-refractivity contribution in [2.75, 3.05) is 12.8 Å². The Hall–Kier alpha value is -2.08. The van der Waals surface area contributed by atoms with Gasteiger partial charge in [-0.15, -0.1) is 0 Å². The van der Waals surface area contributed by atoms with E-state index in [9.17, 15) is 4.79 Å². The lowest BCUT2D eigenvalue weighted by Crippen LogP contribution is -2.27. The highest BCUT2D eigenvalue weighted by molar-refractivity contribution is 6.30. The van der Waals surface area contributed by atoms with Crippen LogP contribution in [0.25, 0.3) is 0 Å². The second-order valence-corrected chi connectivity index (χ2v) is 4.22. The minimum Gasteiger partial charge on any atom is -0.379 e. The van der Waals surface area contributed by atoms with Crippen molar-refractivity contribution >= 4 is 23.3 Å². The maximum Gasteiger partial charge on any atom is 0.280 e. The summed E-state index contributed by atoms with van der Waals surface area (Å²) in [4.78, 5) is 13.4. The summed E-state index contributed by atoms with van der Waals surface area (Å²) in [6.07, 6.45) is 0. The summed E-state index contributed by atoms with van der Waals surface area (Å²) < 4.78 is 4.39. The third-order valence-electron chi connectivity index (χ3n) is 2.40. The molecule has 0 radical (unpaired) electrons. The van der Waals surface area contributed by atoms with Gasteiger partial charge in [0.05, 0.1) is 0 Å². The molecule has 94 valence electrons. The van der Waals surface area contributed by atoms with Crippen LogP contribution in [0.15, 0.2) is 28.9 Å². The maximum absolute atomic E-state index is 12.0. The number of nitrogen functional groups attached to an aromatic ring is 1. The molecule has 1 aromatic heterocycles. The molecule has 0 fully saturated rings. The first-order valence-corrected chi connectivity index (χ1v) is 5.53. The van der Waals surface area contributed by atoms with Crippen LogP contribution < -0.4 is 5.73 Å². The summed E-state index contributed by atoms with van der Waals surface area (Å²) in [5.41, 5.74) is 6.43. The molecular weight excluding hydrogens is 256 g/mol. The molecule has 7 heteroatoms. The van der Waals surface area contributed by atoms with Gasteiger partial charge in [0.25, 0.3) is 5.91 Å². The van der Waals surface area contributed by atoms with Crippen LogP contribution in [-0.4, -0.2) is 28.2 Å². The number of nitrogens with zero attached hydrogens (tertiary/aromatic N) is 3. The predicted molar refractivity (Wildman–Crippen MR) is 66.0 cm³/mol. The van der Waals surface area contributed by atoms with Gasteiger partial charge < -0.3 is 10.6 Å². The normalized spacial score (nSPS) is 10.3. The minimum atomic E-state index is -0.344. The number of hydrogen-bond donors (Lipinski definition) is 1. The highest BCUT2D eigenvalue weighted by atomic mass is 35.5. The first-order valence-electron chi connectivity index (χ1n) is 5.16. The van der Waals surface area contributed by atoms with Crippen LogP contribution in [0.5, 0.6) is 0 Å². The highest BCUT2D eigenvalue weighted by Crippen LogP contribution is 2.13. The Morgan fingerprint density at radius 1 is 1.39 bits per heavy atom. The Balaban J connectivity index is 2.08. The lowest BCUT2D eigenvalue weighted by atomic mass is 10.2. The Morgan fingerprint density at radius 2 is 2.06 bits per heavy atom. The summed E-state index contributed by atoms with van der Waals surface area (Å²) in [5.74, 6) is -0.355. The number of benzene rings is 1. The average Bonchev–Trinajstić information content (AvgIpc) is 2.77. The van der Waals surface area contributed by atoms with Crippen molar-refractivity contribution in [2.24, 2.45) is 0 Å². The summed E-state index contributed by atoms with van der Waals surface area (Å²) in [6.45, 7) is 0.419. The Kier molecular flexibility index (Phi) is 3.47. The molecule has 0 saturated carbocycles. The van der Waals surface area contributed by atoms with Crippen molar-refractivity contribution in [3.8, 4) is 0 Å². The number of hydrogen-bond acceptors (Lipinski definition) is 5. The zero-order valence-electron chi connectivity index (χ0n) is 9.63. The van der Waals surface area contributed by atoms with Gasteiger partial charge in [0, 0.05) is 18.6 Å². The van der Waals surface area contributed by atoms with E-state index in [1.165, 1.54) is 4.90 Å². The van der Waals surface area contributed by atoms with Crippen molar-refractivity contribution in [1.82, 2.24) is 15.2 Å². The Morgan fingerprint density at radius 3 is 2.61 bits per heavy atom. The summed E-state index contributed by atoms with van der Waals surface area (Å²) in [6, 6.07) is 7.22. The van der Waals surface area contributed by atoms with Crippen LogP contribution in [0.4, 0.5) is 5.82 Å². The van der Waals surface area contributed by atoms with Gasteiger partial charge in [-0.25, -0.2) is 4.63 Å². The van der Waals surface area contributed by atoms with E-state index in [0.29, 0.717) is 11.6 Å². The molecule has 2 N–H and O–H groups in total. The van der Waals surface area contributed by atoms with Crippen LogP contribution in [0.3, 0.4) is 0 Å². The predicted octanol–water partition coefficient (Wildman–Crippen LogP) is 1.58. The molecule has 0 saturated heterocycles. The maximum atomic E-state index is 12.0. The molecule has 0 bridgehead atoms. The van der Waals surface area contributed by atoms with Crippen molar-refractivity contribution in [1.29, 1.82) is 0 Å². The van der Waals surface area contributed by atoms with Crippen molar-refractivity contribution in [3.05, 3.63) is 40.5 Å². The molecule has 0 spiro atoms. The van der Waals surface area contributed by atoms with Gasteiger partial charge in [0.15, 0.2) is 0 Å². The SMILES string of the molecule is CN(Cc1ccc(Cl)cc1)C(=O)c1nonc1N. The Bertz CT molecular complexity index is 552. The minimum absolute atomic E-state index is 0.0112. The highest BCUT2D eigenvalue weighted by Gasteiger charge is 2.20. The van der Waals surface area contributed by atoms with E-state index in [1.54, 1.807) is 19.2 Å². The number of anilines is 1. The lowest BCUT2D eigenvalue weighted by Gasteiger charge is -2.15. The fourth-order valence-corrected chi connectivity index (χ4v) is 1.59. The summed E-state index contributed by atoms with van der Waals surface area (Å²) in [5, 5.41) is 7.49. The molecule has 1 amide bonds. The van der Waals surface area contributed by atoms with Crippen LogP contribution >= 0.6 is 11.6 Å². The molecule has 6 nitrogen and oxygen atoms in total. The van der Waals surface area contributed by atoms with Crippen LogP contribution in [0, 0.1) is 0 Å². The van der Waals surface area contributed by atoms with E-state index < -0.39 is 0 Å². The second kappa shape index (κ2) is 5.05. The van der Waals surface area contributed by atoms with E-state index >= 15 is 0 Å². The van der Waals surface area contributed by atoms with Gasteiger partial charge in [-0.05, 0) is 28.0 Å².